The molecule has 1 aliphatic carbocycles. The maximum absolute atomic E-state index is 11.5. The van der Waals surface area contributed by atoms with Gasteiger partial charge in [0.15, 0.2) is 0 Å². The lowest BCUT2D eigenvalue weighted by Crippen LogP contribution is -2.15. The summed E-state index contributed by atoms with van der Waals surface area (Å²) >= 11 is 0. The summed E-state index contributed by atoms with van der Waals surface area (Å²) in [6.07, 6.45) is 7.67. The molecular weight excluding hydrogens is 230 g/mol. The Balaban J connectivity index is 1.63. The van der Waals surface area contributed by atoms with E-state index >= 15 is 0 Å². The zero-order chi connectivity index (χ0) is 12.4. The average molecular weight is 245 g/mol. The zero-order valence-corrected chi connectivity index (χ0v) is 9.97. The van der Waals surface area contributed by atoms with Gasteiger partial charge in [-0.25, -0.2) is 9.97 Å². The van der Waals surface area contributed by atoms with Crippen molar-refractivity contribution in [1.29, 1.82) is 0 Å². The number of aromatic nitrogens is 4. The molecule has 0 aromatic carbocycles. The molecule has 2 aromatic heterocycles. The van der Waals surface area contributed by atoms with E-state index in [1.165, 1.54) is 6.07 Å². The lowest BCUT2D eigenvalue weighted by molar-refractivity contribution is 0.724. The highest BCUT2D eigenvalue weighted by Gasteiger charge is 2.26. The van der Waals surface area contributed by atoms with Crippen LogP contribution in [-0.4, -0.2) is 26.1 Å². The van der Waals surface area contributed by atoms with Gasteiger partial charge in [0, 0.05) is 37.5 Å². The van der Waals surface area contributed by atoms with E-state index in [1.807, 2.05) is 10.8 Å². The van der Waals surface area contributed by atoms with E-state index in [9.17, 15) is 4.79 Å². The fourth-order valence-corrected chi connectivity index (χ4v) is 1.85. The Hall–Kier alpha value is -2.11. The minimum absolute atomic E-state index is 0.0861. The molecular formula is C12H15N5O. The van der Waals surface area contributed by atoms with E-state index in [4.69, 9.17) is 0 Å². The summed E-state index contributed by atoms with van der Waals surface area (Å²) in [5, 5.41) is 3.17. The van der Waals surface area contributed by atoms with Crippen molar-refractivity contribution in [2.24, 2.45) is 0 Å². The first-order chi connectivity index (χ1) is 8.81. The maximum Gasteiger partial charge on any atom is 0.252 e. The molecule has 0 aliphatic heterocycles. The molecule has 94 valence electrons. The molecule has 0 radical (unpaired) electrons. The van der Waals surface area contributed by atoms with Gasteiger partial charge in [-0.3, -0.25) is 4.79 Å². The molecule has 6 heteroatoms. The number of nitrogens with one attached hydrogen (secondary N) is 2. The summed E-state index contributed by atoms with van der Waals surface area (Å²) in [5.74, 6) is 1.92. The molecule has 0 unspecified atom stereocenters. The smallest absolute Gasteiger partial charge is 0.252 e. The number of H-pyrrole nitrogens is 1. The molecule has 18 heavy (non-hydrogen) atoms. The van der Waals surface area contributed by atoms with Crippen molar-refractivity contribution in [3.05, 3.63) is 41.0 Å². The number of hydrogen-bond acceptors (Lipinski definition) is 4. The number of rotatable bonds is 5. The first kappa shape index (κ1) is 11.0. The third-order valence-electron chi connectivity index (χ3n) is 2.96. The Labute approximate surface area is 104 Å². The Morgan fingerprint density at radius 2 is 2.39 bits per heavy atom. The van der Waals surface area contributed by atoms with Gasteiger partial charge < -0.3 is 14.9 Å². The van der Waals surface area contributed by atoms with E-state index < -0.39 is 0 Å². The molecule has 1 fully saturated rings. The zero-order valence-electron chi connectivity index (χ0n) is 9.97. The van der Waals surface area contributed by atoms with E-state index in [0.717, 1.165) is 31.8 Å². The van der Waals surface area contributed by atoms with Crippen LogP contribution in [0.25, 0.3) is 0 Å². The molecule has 1 aliphatic rings. The van der Waals surface area contributed by atoms with Gasteiger partial charge in [0.2, 0.25) is 0 Å². The predicted molar refractivity (Wildman–Crippen MR) is 67.5 cm³/mol. The summed E-state index contributed by atoms with van der Waals surface area (Å²) in [4.78, 5) is 22.7. The van der Waals surface area contributed by atoms with Gasteiger partial charge in [-0.05, 0) is 12.8 Å². The second-order valence-electron chi connectivity index (χ2n) is 4.52. The van der Waals surface area contributed by atoms with Crippen molar-refractivity contribution >= 4 is 5.82 Å². The van der Waals surface area contributed by atoms with E-state index in [-0.39, 0.29) is 5.56 Å². The van der Waals surface area contributed by atoms with Crippen molar-refractivity contribution in [1.82, 2.24) is 19.5 Å². The van der Waals surface area contributed by atoms with E-state index in [0.29, 0.717) is 11.7 Å². The van der Waals surface area contributed by atoms with Crippen molar-refractivity contribution < 1.29 is 0 Å². The topological polar surface area (TPSA) is 75.6 Å². The Morgan fingerprint density at radius 1 is 1.50 bits per heavy atom. The summed E-state index contributed by atoms with van der Waals surface area (Å²) in [5.41, 5.74) is -0.0861. The van der Waals surface area contributed by atoms with Crippen LogP contribution in [-0.2, 0) is 6.54 Å². The summed E-state index contributed by atoms with van der Waals surface area (Å²) in [6, 6.07) is 1.50. The van der Waals surface area contributed by atoms with Crippen molar-refractivity contribution in [2.45, 2.75) is 25.3 Å². The minimum atomic E-state index is -0.0861. The molecule has 1 saturated carbocycles. The normalized spacial score (nSPS) is 14.7. The fourth-order valence-electron chi connectivity index (χ4n) is 1.85. The standard InChI is InChI=1S/C12H15N5O/c18-11-7-10(15-12(16-11)9-1-2-9)14-4-6-17-5-3-13-8-17/h3,5,7-9H,1-2,4,6H2,(H2,14,15,16,18). The Morgan fingerprint density at radius 3 is 3.11 bits per heavy atom. The number of anilines is 1. The SMILES string of the molecule is O=c1cc(NCCn2ccnc2)nc(C2CC2)[nH]1. The summed E-state index contributed by atoms with van der Waals surface area (Å²) < 4.78 is 1.97. The van der Waals surface area contributed by atoms with Crippen molar-refractivity contribution in [3.8, 4) is 0 Å². The van der Waals surface area contributed by atoms with Gasteiger partial charge in [0.25, 0.3) is 5.56 Å². The molecule has 2 heterocycles. The number of aromatic amines is 1. The number of imidazole rings is 1. The van der Waals surface area contributed by atoms with Gasteiger partial charge >= 0.3 is 0 Å². The van der Waals surface area contributed by atoms with Gasteiger partial charge in [0.05, 0.1) is 6.33 Å². The first-order valence-electron chi connectivity index (χ1n) is 6.12. The Kier molecular flexibility index (Phi) is 2.84. The van der Waals surface area contributed by atoms with Crippen LogP contribution in [0.15, 0.2) is 29.6 Å². The lowest BCUT2D eigenvalue weighted by Gasteiger charge is -2.07. The molecule has 0 saturated heterocycles. The number of hydrogen-bond donors (Lipinski definition) is 2. The van der Waals surface area contributed by atoms with Crippen LogP contribution in [0.4, 0.5) is 5.82 Å². The first-order valence-corrected chi connectivity index (χ1v) is 6.12. The van der Waals surface area contributed by atoms with Gasteiger partial charge in [-0.15, -0.1) is 0 Å². The molecule has 2 N–H and O–H groups in total. The number of nitrogens with zero attached hydrogens (tertiary/aromatic N) is 3. The third-order valence-corrected chi connectivity index (χ3v) is 2.96. The van der Waals surface area contributed by atoms with Gasteiger partial charge in [0.1, 0.15) is 11.6 Å². The average Bonchev–Trinajstić information content (AvgIpc) is 3.08. The highest BCUT2D eigenvalue weighted by molar-refractivity contribution is 5.33. The maximum atomic E-state index is 11.5. The van der Waals surface area contributed by atoms with Crippen LogP contribution >= 0.6 is 0 Å². The Bertz CT molecular complexity index is 570. The van der Waals surface area contributed by atoms with E-state index in [2.05, 4.69) is 20.3 Å². The summed E-state index contributed by atoms with van der Waals surface area (Å²) in [7, 11) is 0. The molecule has 0 spiro atoms. The molecule has 3 rings (SSSR count). The highest BCUT2D eigenvalue weighted by atomic mass is 16.1. The second-order valence-corrected chi connectivity index (χ2v) is 4.52. The van der Waals surface area contributed by atoms with Crippen LogP contribution in [0.1, 0.15) is 24.6 Å². The minimum Gasteiger partial charge on any atom is -0.368 e. The monoisotopic (exact) mass is 245 g/mol. The van der Waals surface area contributed by atoms with Crippen LogP contribution in [0.3, 0.4) is 0 Å². The van der Waals surface area contributed by atoms with Crippen LogP contribution in [0.2, 0.25) is 0 Å². The fraction of sp³-hybridized carbons (Fsp3) is 0.417. The van der Waals surface area contributed by atoms with Crippen LogP contribution < -0.4 is 10.9 Å². The quantitative estimate of drug-likeness (QED) is 0.822. The van der Waals surface area contributed by atoms with Gasteiger partial charge in [-0.1, -0.05) is 0 Å². The highest BCUT2D eigenvalue weighted by Crippen LogP contribution is 2.37. The van der Waals surface area contributed by atoms with Crippen molar-refractivity contribution in [2.75, 3.05) is 11.9 Å². The lowest BCUT2D eigenvalue weighted by atomic mass is 10.4. The van der Waals surface area contributed by atoms with E-state index in [1.54, 1.807) is 12.5 Å². The molecule has 0 bridgehead atoms. The van der Waals surface area contributed by atoms with Crippen molar-refractivity contribution in [3.63, 3.8) is 0 Å². The van der Waals surface area contributed by atoms with Crippen LogP contribution in [0, 0.1) is 0 Å². The molecule has 6 nitrogen and oxygen atoms in total. The van der Waals surface area contributed by atoms with Gasteiger partial charge in [-0.2, -0.15) is 0 Å². The van der Waals surface area contributed by atoms with Crippen LogP contribution in [0.5, 0.6) is 0 Å². The molecule has 0 amide bonds. The predicted octanol–water partition coefficient (Wildman–Crippen LogP) is 0.956. The summed E-state index contributed by atoms with van der Waals surface area (Å²) in [6.45, 7) is 1.52. The third kappa shape index (κ3) is 2.58. The molecule has 0 atom stereocenters. The largest absolute Gasteiger partial charge is 0.368 e. The second kappa shape index (κ2) is 4.64. The molecule has 2 aromatic rings.